The van der Waals surface area contributed by atoms with E-state index in [0.717, 1.165) is 26.8 Å². The Labute approximate surface area is 117 Å². The second-order valence-electron chi connectivity index (χ2n) is 4.08. The summed E-state index contributed by atoms with van der Waals surface area (Å²) in [6, 6.07) is 8.27. The van der Waals surface area contributed by atoms with Gasteiger partial charge in [0.1, 0.15) is 5.75 Å². The zero-order valence-electron chi connectivity index (χ0n) is 10.7. The molecule has 0 saturated carbocycles. The van der Waals surface area contributed by atoms with Gasteiger partial charge in [0.05, 0.1) is 18.2 Å². The van der Waals surface area contributed by atoms with E-state index in [1.54, 1.807) is 18.4 Å². The lowest BCUT2D eigenvalue weighted by atomic mass is 10.0. The topological polar surface area (TPSA) is 21.3 Å². The molecule has 2 nitrogen and oxygen atoms in total. The van der Waals surface area contributed by atoms with Crippen molar-refractivity contribution in [2.45, 2.75) is 13.0 Å². The van der Waals surface area contributed by atoms with Crippen LogP contribution in [0.3, 0.4) is 0 Å². The first-order chi connectivity index (χ1) is 8.67. The minimum absolute atomic E-state index is 0.104. The van der Waals surface area contributed by atoms with E-state index in [2.05, 4.69) is 23.5 Å². The lowest BCUT2D eigenvalue weighted by molar-refractivity contribution is 0.410. The molecule has 1 heterocycles. The van der Waals surface area contributed by atoms with E-state index in [1.807, 2.05) is 25.4 Å². The van der Waals surface area contributed by atoms with E-state index in [1.165, 1.54) is 0 Å². The van der Waals surface area contributed by atoms with Gasteiger partial charge >= 0.3 is 0 Å². The Balaban J connectivity index is 2.42. The predicted molar refractivity (Wildman–Crippen MR) is 78.0 cm³/mol. The number of nitrogens with one attached hydrogen (secondary N) is 1. The van der Waals surface area contributed by atoms with Crippen molar-refractivity contribution in [2.24, 2.45) is 0 Å². The van der Waals surface area contributed by atoms with E-state index in [-0.39, 0.29) is 6.04 Å². The number of ether oxygens (including phenoxy) is 1. The van der Waals surface area contributed by atoms with Crippen LogP contribution in [0.2, 0.25) is 5.02 Å². The van der Waals surface area contributed by atoms with Crippen LogP contribution < -0.4 is 10.1 Å². The van der Waals surface area contributed by atoms with E-state index >= 15 is 0 Å². The molecule has 0 aliphatic rings. The van der Waals surface area contributed by atoms with E-state index < -0.39 is 0 Å². The first-order valence-corrected chi connectivity index (χ1v) is 6.97. The maximum absolute atomic E-state index is 6.21. The number of thiophene rings is 1. The zero-order chi connectivity index (χ0) is 13.1. The third-order valence-electron chi connectivity index (χ3n) is 2.96. The van der Waals surface area contributed by atoms with Crippen molar-refractivity contribution in [3.8, 4) is 5.75 Å². The van der Waals surface area contributed by atoms with Crippen LogP contribution in [0.4, 0.5) is 0 Å². The molecule has 0 saturated heterocycles. The predicted octanol–water partition coefficient (Wildman–Crippen LogP) is 4.03. The first-order valence-electron chi connectivity index (χ1n) is 5.72. The van der Waals surface area contributed by atoms with Gasteiger partial charge in [0, 0.05) is 4.88 Å². The minimum atomic E-state index is 0.104. The SMILES string of the molecule is CNC(c1ccc(C)c(OC)c1)c1sccc1Cl. The van der Waals surface area contributed by atoms with Crippen molar-refractivity contribution < 1.29 is 4.74 Å². The Morgan fingerprint density at radius 2 is 2.11 bits per heavy atom. The molecule has 0 bridgehead atoms. The third-order valence-corrected chi connectivity index (χ3v) is 4.38. The van der Waals surface area contributed by atoms with Gasteiger partial charge in [-0.25, -0.2) is 0 Å². The summed E-state index contributed by atoms with van der Waals surface area (Å²) in [5, 5.41) is 6.11. The van der Waals surface area contributed by atoms with Crippen molar-refractivity contribution >= 4 is 22.9 Å². The number of benzene rings is 1. The van der Waals surface area contributed by atoms with Gasteiger partial charge in [-0.3, -0.25) is 0 Å². The molecular weight excluding hydrogens is 266 g/mol. The van der Waals surface area contributed by atoms with Gasteiger partial charge in [0.2, 0.25) is 0 Å². The van der Waals surface area contributed by atoms with E-state index in [9.17, 15) is 0 Å². The molecule has 2 aromatic rings. The fourth-order valence-electron chi connectivity index (χ4n) is 1.98. The van der Waals surface area contributed by atoms with Crippen molar-refractivity contribution in [1.82, 2.24) is 5.32 Å². The molecule has 0 fully saturated rings. The normalized spacial score (nSPS) is 12.4. The minimum Gasteiger partial charge on any atom is -0.496 e. The van der Waals surface area contributed by atoms with Crippen molar-refractivity contribution in [1.29, 1.82) is 0 Å². The van der Waals surface area contributed by atoms with Crippen molar-refractivity contribution in [3.05, 3.63) is 50.7 Å². The number of hydrogen-bond donors (Lipinski definition) is 1. The molecular formula is C14H16ClNOS. The summed E-state index contributed by atoms with van der Waals surface area (Å²) in [6.45, 7) is 2.04. The average Bonchev–Trinajstić information content (AvgIpc) is 2.79. The molecule has 18 heavy (non-hydrogen) atoms. The van der Waals surface area contributed by atoms with Gasteiger partial charge < -0.3 is 10.1 Å². The molecule has 96 valence electrons. The third kappa shape index (κ3) is 2.53. The Morgan fingerprint density at radius 1 is 1.33 bits per heavy atom. The highest BCUT2D eigenvalue weighted by Gasteiger charge is 2.17. The molecule has 1 atom stereocenters. The fraction of sp³-hybridized carbons (Fsp3) is 0.286. The van der Waals surface area contributed by atoms with Crippen LogP contribution in [0.15, 0.2) is 29.6 Å². The summed E-state index contributed by atoms with van der Waals surface area (Å²) in [5.41, 5.74) is 2.29. The van der Waals surface area contributed by atoms with Crippen molar-refractivity contribution in [2.75, 3.05) is 14.2 Å². The molecule has 4 heteroatoms. The molecule has 0 spiro atoms. The average molecular weight is 282 g/mol. The highest BCUT2D eigenvalue weighted by molar-refractivity contribution is 7.10. The number of halogens is 1. The second kappa shape index (κ2) is 5.74. The monoisotopic (exact) mass is 281 g/mol. The molecule has 0 aliphatic carbocycles. The maximum atomic E-state index is 6.21. The van der Waals surface area contributed by atoms with Gasteiger partial charge in [-0.2, -0.15) is 0 Å². The Hall–Kier alpha value is -1.03. The molecule has 1 N–H and O–H groups in total. The standard InChI is InChI=1S/C14H16ClNOS/c1-9-4-5-10(8-12(9)17-3)13(16-2)14-11(15)6-7-18-14/h4-8,13,16H,1-3H3. The van der Waals surface area contributed by atoms with Crippen LogP contribution in [-0.2, 0) is 0 Å². The van der Waals surface area contributed by atoms with E-state index in [0.29, 0.717) is 0 Å². The van der Waals surface area contributed by atoms with Gasteiger partial charge in [-0.05, 0) is 42.6 Å². The van der Waals surface area contributed by atoms with Crippen LogP contribution in [0.1, 0.15) is 22.0 Å². The highest BCUT2D eigenvalue weighted by Crippen LogP contribution is 2.34. The lowest BCUT2D eigenvalue weighted by Gasteiger charge is -2.17. The van der Waals surface area contributed by atoms with Crippen LogP contribution in [0.5, 0.6) is 5.75 Å². The largest absolute Gasteiger partial charge is 0.496 e. The van der Waals surface area contributed by atoms with Crippen LogP contribution in [0, 0.1) is 6.92 Å². The first kappa shape index (κ1) is 13.4. The Morgan fingerprint density at radius 3 is 2.67 bits per heavy atom. The molecule has 1 aromatic heterocycles. The van der Waals surface area contributed by atoms with Crippen LogP contribution >= 0.6 is 22.9 Å². The Bertz CT molecular complexity index is 538. The van der Waals surface area contributed by atoms with Crippen molar-refractivity contribution in [3.63, 3.8) is 0 Å². The summed E-state index contributed by atoms with van der Waals surface area (Å²) >= 11 is 7.87. The zero-order valence-corrected chi connectivity index (χ0v) is 12.2. The second-order valence-corrected chi connectivity index (χ2v) is 5.44. The molecule has 0 radical (unpaired) electrons. The van der Waals surface area contributed by atoms with Crippen LogP contribution in [0.25, 0.3) is 0 Å². The van der Waals surface area contributed by atoms with Gasteiger partial charge in [-0.15, -0.1) is 11.3 Å². The van der Waals surface area contributed by atoms with E-state index in [4.69, 9.17) is 16.3 Å². The number of methoxy groups -OCH3 is 1. The van der Waals surface area contributed by atoms with Crippen LogP contribution in [-0.4, -0.2) is 14.2 Å². The molecule has 1 aromatic carbocycles. The smallest absolute Gasteiger partial charge is 0.122 e. The summed E-state index contributed by atoms with van der Waals surface area (Å²) in [5.74, 6) is 0.903. The number of hydrogen-bond acceptors (Lipinski definition) is 3. The highest BCUT2D eigenvalue weighted by atomic mass is 35.5. The molecule has 0 amide bonds. The van der Waals surface area contributed by atoms with Gasteiger partial charge in [0.25, 0.3) is 0 Å². The molecule has 1 unspecified atom stereocenters. The fourth-order valence-corrected chi connectivity index (χ4v) is 3.28. The quantitative estimate of drug-likeness (QED) is 0.914. The molecule has 2 rings (SSSR count). The number of aryl methyl sites for hydroxylation is 1. The number of rotatable bonds is 4. The summed E-state index contributed by atoms with van der Waals surface area (Å²) in [7, 11) is 3.63. The molecule has 0 aliphatic heterocycles. The van der Waals surface area contributed by atoms with Gasteiger partial charge in [0.15, 0.2) is 0 Å². The maximum Gasteiger partial charge on any atom is 0.122 e. The lowest BCUT2D eigenvalue weighted by Crippen LogP contribution is -2.16. The Kier molecular flexibility index (Phi) is 4.27. The van der Waals surface area contributed by atoms with Gasteiger partial charge in [-0.1, -0.05) is 23.7 Å². The summed E-state index contributed by atoms with van der Waals surface area (Å²) in [6.07, 6.45) is 0. The summed E-state index contributed by atoms with van der Waals surface area (Å²) in [4.78, 5) is 1.13. The summed E-state index contributed by atoms with van der Waals surface area (Å²) < 4.78 is 5.37.